The lowest BCUT2D eigenvalue weighted by atomic mass is 10.0. The Labute approximate surface area is 129 Å². The second-order valence-electron chi connectivity index (χ2n) is 4.88. The van der Waals surface area contributed by atoms with Gasteiger partial charge in [0.2, 0.25) is 0 Å². The van der Waals surface area contributed by atoms with Gasteiger partial charge in [0.1, 0.15) is 17.0 Å². The van der Waals surface area contributed by atoms with E-state index in [4.69, 9.17) is 11.5 Å². The fraction of sp³-hybridized carbons (Fsp3) is 0.462. The van der Waals surface area contributed by atoms with Crippen LogP contribution in [0.1, 0.15) is 31.2 Å². The van der Waals surface area contributed by atoms with Crippen molar-refractivity contribution in [2.45, 2.75) is 32.1 Å². The standard InChI is InChI=1S/C13H18BrN5O2/c14-6-4-2-1-3-5-7-9-8(12(20)18-10(7)15)11(16)19-13(21)17-9/h1-6H2,(H3,15,18,20)(H3,16,17,19,21). The van der Waals surface area contributed by atoms with Gasteiger partial charge in [0.15, 0.2) is 0 Å². The molecule has 0 unspecified atom stereocenters. The molecule has 114 valence electrons. The predicted molar refractivity (Wildman–Crippen MR) is 87.8 cm³/mol. The zero-order valence-corrected chi connectivity index (χ0v) is 13.1. The minimum Gasteiger partial charge on any atom is -0.385 e. The van der Waals surface area contributed by atoms with Crippen molar-refractivity contribution < 1.29 is 0 Å². The molecule has 0 saturated heterocycles. The SMILES string of the molecule is Nc1[nH]c(=O)c2c(N)nc(=O)[nH]c2c1CCCCCCBr. The minimum absolute atomic E-state index is 0.0736. The van der Waals surface area contributed by atoms with Crippen LogP contribution in [0.15, 0.2) is 9.59 Å². The Balaban J connectivity index is 2.38. The van der Waals surface area contributed by atoms with Crippen molar-refractivity contribution in [3.63, 3.8) is 0 Å². The van der Waals surface area contributed by atoms with Gasteiger partial charge in [-0.3, -0.25) is 4.79 Å². The second kappa shape index (κ2) is 6.75. The number of nitrogens with zero attached hydrogens (tertiary/aromatic N) is 1. The number of hydrogen-bond donors (Lipinski definition) is 4. The minimum atomic E-state index is -0.578. The lowest BCUT2D eigenvalue weighted by molar-refractivity contribution is 0.672. The summed E-state index contributed by atoms with van der Waals surface area (Å²) in [6.07, 6.45) is 4.88. The average molecular weight is 356 g/mol. The molecule has 2 rings (SSSR count). The zero-order chi connectivity index (χ0) is 15.4. The first-order valence-corrected chi connectivity index (χ1v) is 7.93. The number of nitrogen functional groups attached to an aromatic ring is 2. The van der Waals surface area contributed by atoms with E-state index in [1.54, 1.807) is 0 Å². The Morgan fingerprint density at radius 3 is 2.48 bits per heavy atom. The number of aryl methyl sites for hydroxylation is 1. The topological polar surface area (TPSA) is 131 Å². The van der Waals surface area contributed by atoms with E-state index in [1.165, 1.54) is 0 Å². The Morgan fingerprint density at radius 2 is 1.76 bits per heavy atom. The molecule has 0 saturated carbocycles. The van der Waals surface area contributed by atoms with Gasteiger partial charge in [-0.1, -0.05) is 28.8 Å². The fourth-order valence-corrected chi connectivity index (χ4v) is 2.75. The highest BCUT2D eigenvalue weighted by molar-refractivity contribution is 9.09. The summed E-state index contributed by atoms with van der Waals surface area (Å²) in [5, 5.41) is 1.19. The van der Waals surface area contributed by atoms with Gasteiger partial charge >= 0.3 is 5.69 Å². The van der Waals surface area contributed by atoms with Gasteiger partial charge in [-0.2, -0.15) is 4.98 Å². The molecule has 6 N–H and O–H groups in total. The van der Waals surface area contributed by atoms with Crippen molar-refractivity contribution in [1.29, 1.82) is 0 Å². The summed E-state index contributed by atoms with van der Waals surface area (Å²) < 4.78 is 0. The molecule has 7 nitrogen and oxygen atoms in total. The van der Waals surface area contributed by atoms with Gasteiger partial charge in [0.25, 0.3) is 5.56 Å². The molecule has 0 radical (unpaired) electrons. The molecule has 0 bridgehead atoms. The molecular weight excluding hydrogens is 338 g/mol. The van der Waals surface area contributed by atoms with Crippen LogP contribution in [0.3, 0.4) is 0 Å². The number of alkyl halides is 1. The molecule has 0 aliphatic carbocycles. The van der Waals surface area contributed by atoms with E-state index in [2.05, 4.69) is 30.9 Å². The summed E-state index contributed by atoms with van der Waals surface area (Å²) in [5.74, 6) is 0.199. The van der Waals surface area contributed by atoms with E-state index in [1.807, 2.05) is 0 Å². The summed E-state index contributed by atoms with van der Waals surface area (Å²) in [5.41, 5.74) is 11.7. The van der Waals surface area contributed by atoms with Crippen LogP contribution in [0.25, 0.3) is 10.9 Å². The number of aromatic nitrogens is 3. The third-order valence-electron chi connectivity index (χ3n) is 3.37. The first-order valence-electron chi connectivity index (χ1n) is 6.80. The summed E-state index contributed by atoms with van der Waals surface area (Å²) in [4.78, 5) is 32.1. The number of pyridine rings is 1. The summed E-state index contributed by atoms with van der Waals surface area (Å²) >= 11 is 3.39. The van der Waals surface area contributed by atoms with Crippen LogP contribution >= 0.6 is 15.9 Å². The molecule has 8 heteroatoms. The number of unbranched alkanes of at least 4 members (excludes halogenated alkanes) is 3. The summed E-state index contributed by atoms with van der Waals surface area (Å²) in [6, 6.07) is 0. The van der Waals surface area contributed by atoms with Gasteiger partial charge < -0.3 is 21.4 Å². The average Bonchev–Trinajstić information content (AvgIpc) is 2.40. The van der Waals surface area contributed by atoms with Crippen LogP contribution in [0, 0.1) is 0 Å². The Hall–Kier alpha value is -1.83. The molecular formula is C13H18BrN5O2. The summed E-state index contributed by atoms with van der Waals surface area (Å²) in [6.45, 7) is 0. The monoisotopic (exact) mass is 355 g/mol. The number of fused-ring (bicyclic) bond motifs is 1. The molecule has 0 amide bonds. The smallest absolute Gasteiger partial charge is 0.347 e. The highest BCUT2D eigenvalue weighted by Crippen LogP contribution is 2.21. The lowest BCUT2D eigenvalue weighted by Crippen LogP contribution is -2.21. The van der Waals surface area contributed by atoms with Crippen LogP contribution in [-0.2, 0) is 6.42 Å². The molecule has 0 atom stereocenters. The number of nitrogens with one attached hydrogen (secondary N) is 2. The van der Waals surface area contributed by atoms with Crippen molar-refractivity contribution in [1.82, 2.24) is 15.0 Å². The quantitative estimate of drug-likeness (QED) is 0.457. The normalized spacial score (nSPS) is 11.1. The highest BCUT2D eigenvalue weighted by Gasteiger charge is 2.14. The predicted octanol–water partition coefficient (Wildman–Crippen LogP) is 1.27. The molecule has 21 heavy (non-hydrogen) atoms. The van der Waals surface area contributed by atoms with E-state index in [-0.39, 0.29) is 17.0 Å². The fourth-order valence-electron chi connectivity index (χ4n) is 2.35. The van der Waals surface area contributed by atoms with E-state index in [0.717, 1.165) is 36.6 Å². The highest BCUT2D eigenvalue weighted by atomic mass is 79.9. The van der Waals surface area contributed by atoms with Crippen LogP contribution in [0.2, 0.25) is 0 Å². The molecule has 2 aromatic heterocycles. The maximum Gasteiger partial charge on any atom is 0.347 e. The summed E-state index contributed by atoms with van der Waals surface area (Å²) in [7, 11) is 0. The van der Waals surface area contributed by atoms with Crippen molar-refractivity contribution in [3.8, 4) is 0 Å². The number of nitrogens with two attached hydrogens (primary N) is 2. The molecule has 0 fully saturated rings. The molecule has 2 heterocycles. The molecule has 0 spiro atoms. The largest absolute Gasteiger partial charge is 0.385 e. The van der Waals surface area contributed by atoms with E-state index in [0.29, 0.717) is 11.9 Å². The third-order valence-corrected chi connectivity index (χ3v) is 3.93. The van der Waals surface area contributed by atoms with Gasteiger partial charge in [-0.15, -0.1) is 0 Å². The van der Waals surface area contributed by atoms with E-state index >= 15 is 0 Å². The van der Waals surface area contributed by atoms with Crippen LogP contribution in [0.5, 0.6) is 0 Å². The first kappa shape index (κ1) is 15.6. The van der Waals surface area contributed by atoms with Gasteiger partial charge in [-0.25, -0.2) is 4.79 Å². The van der Waals surface area contributed by atoms with Gasteiger partial charge in [0, 0.05) is 10.9 Å². The maximum atomic E-state index is 11.9. The third kappa shape index (κ3) is 3.44. The van der Waals surface area contributed by atoms with Crippen LogP contribution in [0.4, 0.5) is 11.6 Å². The maximum absolute atomic E-state index is 11.9. The number of halogens is 1. The second-order valence-corrected chi connectivity index (χ2v) is 5.67. The Kier molecular flexibility index (Phi) is 5.00. The number of hydrogen-bond acceptors (Lipinski definition) is 5. The molecule has 0 aliphatic heterocycles. The van der Waals surface area contributed by atoms with Gasteiger partial charge in [-0.05, 0) is 19.3 Å². The first-order chi connectivity index (χ1) is 10.0. The van der Waals surface area contributed by atoms with Crippen molar-refractivity contribution >= 4 is 38.5 Å². The number of anilines is 2. The molecule has 0 aliphatic rings. The van der Waals surface area contributed by atoms with Crippen LogP contribution < -0.4 is 22.7 Å². The van der Waals surface area contributed by atoms with E-state index in [9.17, 15) is 9.59 Å². The van der Waals surface area contributed by atoms with E-state index < -0.39 is 11.2 Å². The number of aromatic amines is 2. The number of H-pyrrole nitrogens is 2. The molecule has 0 aromatic carbocycles. The zero-order valence-electron chi connectivity index (χ0n) is 11.5. The van der Waals surface area contributed by atoms with Crippen molar-refractivity contribution in [3.05, 3.63) is 26.4 Å². The molecule has 2 aromatic rings. The van der Waals surface area contributed by atoms with Crippen molar-refractivity contribution in [2.75, 3.05) is 16.8 Å². The van der Waals surface area contributed by atoms with Crippen molar-refractivity contribution in [2.24, 2.45) is 0 Å². The van der Waals surface area contributed by atoms with Gasteiger partial charge in [0.05, 0.1) is 5.52 Å². The lowest BCUT2D eigenvalue weighted by Gasteiger charge is -2.10. The Bertz CT molecular complexity index is 753. The van der Waals surface area contributed by atoms with Crippen LogP contribution in [-0.4, -0.2) is 20.3 Å². The Morgan fingerprint density at radius 1 is 1.05 bits per heavy atom. The number of rotatable bonds is 6.